The van der Waals surface area contributed by atoms with Crippen LogP contribution in [0.15, 0.2) is 36.5 Å². The Labute approximate surface area is 147 Å². The van der Waals surface area contributed by atoms with E-state index in [-0.39, 0.29) is 12.5 Å². The van der Waals surface area contributed by atoms with Gasteiger partial charge in [-0.1, -0.05) is 6.07 Å². The van der Waals surface area contributed by atoms with Crippen LogP contribution >= 0.6 is 0 Å². The van der Waals surface area contributed by atoms with Gasteiger partial charge in [0.05, 0.1) is 20.8 Å². The van der Waals surface area contributed by atoms with E-state index in [0.29, 0.717) is 17.3 Å². The lowest BCUT2D eigenvalue weighted by atomic mass is 10.2. The summed E-state index contributed by atoms with van der Waals surface area (Å²) in [6, 6.07) is 7.24. The molecule has 0 saturated heterocycles. The second-order valence-electron chi connectivity index (χ2n) is 5.39. The lowest BCUT2D eigenvalue weighted by Gasteiger charge is -2.11. The molecule has 0 aliphatic carbocycles. The smallest absolute Gasteiger partial charge is 0.244 e. The first-order chi connectivity index (χ1) is 12.0. The summed E-state index contributed by atoms with van der Waals surface area (Å²) in [5, 5.41) is 2.76. The average molecular weight is 342 g/mol. The van der Waals surface area contributed by atoms with Crippen molar-refractivity contribution in [1.29, 1.82) is 0 Å². The quantitative estimate of drug-likeness (QED) is 0.775. The molecule has 1 heterocycles. The monoisotopic (exact) mass is 342 g/mol. The minimum absolute atomic E-state index is 0.228. The van der Waals surface area contributed by atoms with Crippen molar-refractivity contribution in [1.82, 2.24) is 15.3 Å². The molecule has 0 radical (unpaired) electrons. The lowest BCUT2D eigenvalue weighted by molar-refractivity contribution is -0.116. The van der Waals surface area contributed by atoms with Crippen LogP contribution in [0.3, 0.4) is 0 Å². The highest BCUT2D eigenvalue weighted by Crippen LogP contribution is 2.27. The Morgan fingerprint density at radius 2 is 1.96 bits per heavy atom. The van der Waals surface area contributed by atoms with Gasteiger partial charge in [-0.05, 0) is 29.8 Å². The normalized spacial score (nSPS) is 10.6. The van der Waals surface area contributed by atoms with E-state index < -0.39 is 0 Å². The molecule has 0 unspecified atom stereocenters. The van der Waals surface area contributed by atoms with Gasteiger partial charge in [0.1, 0.15) is 11.6 Å². The van der Waals surface area contributed by atoms with E-state index in [4.69, 9.17) is 9.47 Å². The van der Waals surface area contributed by atoms with Gasteiger partial charge in [0, 0.05) is 26.4 Å². The van der Waals surface area contributed by atoms with Crippen LogP contribution in [0.5, 0.6) is 11.5 Å². The second-order valence-corrected chi connectivity index (χ2v) is 5.39. The summed E-state index contributed by atoms with van der Waals surface area (Å²) in [5.74, 6) is 2.37. The largest absolute Gasteiger partial charge is 0.493 e. The zero-order valence-corrected chi connectivity index (χ0v) is 14.8. The van der Waals surface area contributed by atoms with Gasteiger partial charge in [0.2, 0.25) is 5.91 Å². The highest BCUT2D eigenvalue weighted by molar-refractivity contribution is 5.91. The van der Waals surface area contributed by atoms with Crippen molar-refractivity contribution >= 4 is 17.8 Å². The first-order valence-corrected chi connectivity index (χ1v) is 7.70. The summed E-state index contributed by atoms with van der Waals surface area (Å²) < 4.78 is 10.4. The van der Waals surface area contributed by atoms with Crippen molar-refractivity contribution in [2.45, 2.75) is 6.54 Å². The van der Waals surface area contributed by atoms with E-state index in [1.165, 1.54) is 6.08 Å². The summed E-state index contributed by atoms with van der Waals surface area (Å²) >= 11 is 0. The number of ether oxygens (including phenoxy) is 2. The summed E-state index contributed by atoms with van der Waals surface area (Å²) in [4.78, 5) is 22.3. The van der Waals surface area contributed by atoms with Gasteiger partial charge in [0.25, 0.3) is 0 Å². The number of methoxy groups -OCH3 is 2. The number of nitrogens with one attached hydrogen (secondary N) is 1. The molecule has 1 amide bonds. The molecule has 7 nitrogen and oxygen atoms in total. The number of rotatable bonds is 7. The number of amides is 1. The van der Waals surface area contributed by atoms with E-state index >= 15 is 0 Å². The summed E-state index contributed by atoms with van der Waals surface area (Å²) in [7, 11) is 6.95. The fraction of sp³-hybridized carbons (Fsp3) is 0.278. The molecule has 1 aromatic carbocycles. The fourth-order valence-electron chi connectivity index (χ4n) is 2.08. The first-order valence-electron chi connectivity index (χ1n) is 7.70. The molecular formula is C18H22N4O3. The molecule has 0 aliphatic rings. The average Bonchev–Trinajstić information content (AvgIpc) is 2.64. The second kappa shape index (κ2) is 8.68. The van der Waals surface area contributed by atoms with Crippen LogP contribution in [0.4, 0.5) is 5.82 Å². The highest BCUT2D eigenvalue weighted by Gasteiger charge is 2.04. The molecule has 2 rings (SSSR count). The molecule has 0 spiro atoms. The SMILES string of the molecule is COc1ccc(C=CC(=O)NCc2nccc(N(C)C)n2)cc1OC. The maximum atomic E-state index is 12.0. The number of carbonyl (C=O) groups excluding carboxylic acids is 1. The van der Waals surface area contributed by atoms with Gasteiger partial charge < -0.3 is 19.7 Å². The van der Waals surface area contributed by atoms with Gasteiger partial charge in [-0.3, -0.25) is 4.79 Å². The van der Waals surface area contributed by atoms with E-state index in [0.717, 1.165) is 11.4 Å². The zero-order valence-electron chi connectivity index (χ0n) is 14.8. The van der Waals surface area contributed by atoms with E-state index in [1.807, 2.05) is 31.1 Å². The molecule has 0 aliphatic heterocycles. The maximum absolute atomic E-state index is 12.0. The topological polar surface area (TPSA) is 76.6 Å². The van der Waals surface area contributed by atoms with Crippen LogP contribution in [-0.2, 0) is 11.3 Å². The summed E-state index contributed by atoms with van der Waals surface area (Å²) in [6.07, 6.45) is 4.83. The molecule has 1 aromatic heterocycles. The predicted molar refractivity (Wildman–Crippen MR) is 96.8 cm³/mol. The molecule has 0 saturated carbocycles. The van der Waals surface area contributed by atoms with Crippen molar-refractivity contribution in [2.75, 3.05) is 33.2 Å². The summed E-state index contributed by atoms with van der Waals surface area (Å²) in [6.45, 7) is 0.261. The van der Waals surface area contributed by atoms with Crippen molar-refractivity contribution in [3.63, 3.8) is 0 Å². The lowest BCUT2D eigenvalue weighted by Crippen LogP contribution is -2.22. The van der Waals surface area contributed by atoms with E-state index in [2.05, 4.69) is 15.3 Å². The van der Waals surface area contributed by atoms with Gasteiger partial charge >= 0.3 is 0 Å². The molecule has 0 fully saturated rings. The minimum Gasteiger partial charge on any atom is -0.493 e. The number of anilines is 1. The van der Waals surface area contributed by atoms with E-state index in [9.17, 15) is 4.79 Å². The van der Waals surface area contributed by atoms with Crippen molar-refractivity contribution < 1.29 is 14.3 Å². The number of nitrogens with zero attached hydrogens (tertiary/aromatic N) is 3. The van der Waals surface area contributed by atoms with Gasteiger partial charge in [0.15, 0.2) is 11.5 Å². The Balaban J connectivity index is 1.96. The fourth-order valence-corrected chi connectivity index (χ4v) is 2.08. The highest BCUT2D eigenvalue weighted by atomic mass is 16.5. The van der Waals surface area contributed by atoms with Gasteiger partial charge in [-0.25, -0.2) is 9.97 Å². The molecule has 25 heavy (non-hydrogen) atoms. The zero-order chi connectivity index (χ0) is 18.2. The number of carbonyl (C=O) groups is 1. The van der Waals surface area contributed by atoms with Gasteiger partial charge in [-0.2, -0.15) is 0 Å². The Kier molecular flexibility index (Phi) is 6.33. The summed E-state index contributed by atoms with van der Waals surface area (Å²) in [5.41, 5.74) is 0.832. The van der Waals surface area contributed by atoms with Crippen LogP contribution in [0.2, 0.25) is 0 Å². The van der Waals surface area contributed by atoms with Crippen LogP contribution in [0, 0.1) is 0 Å². The van der Waals surface area contributed by atoms with Crippen LogP contribution in [-0.4, -0.2) is 44.2 Å². The number of benzene rings is 1. The van der Waals surface area contributed by atoms with Crippen LogP contribution in [0.25, 0.3) is 6.08 Å². The molecule has 132 valence electrons. The van der Waals surface area contributed by atoms with Crippen molar-refractivity contribution in [2.24, 2.45) is 0 Å². The van der Waals surface area contributed by atoms with Crippen molar-refractivity contribution in [3.8, 4) is 11.5 Å². The maximum Gasteiger partial charge on any atom is 0.244 e. The molecule has 2 aromatic rings. The Morgan fingerprint density at radius 3 is 2.64 bits per heavy atom. The van der Waals surface area contributed by atoms with Crippen molar-refractivity contribution in [3.05, 3.63) is 47.9 Å². The Bertz CT molecular complexity index is 760. The first kappa shape index (κ1) is 18.3. The molecule has 0 atom stereocenters. The van der Waals surface area contributed by atoms with Crippen LogP contribution in [0.1, 0.15) is 11.4 Å². The number of aromatic nitrogens is 2. The number of hydrogen-bond acceptors (Lipinski definition) is 6. The molecule has 0 bridgehead atoms. The third kappa shape index (κ3) is 5.20. The third-order valence-electron chi connectivity index (χ3n) is 3.40. The Hall–Kier alpha value is -3.09. The standard InChI is InChI=1S/C18H22N4O3/c1-22(2)17-9-10-19-16(21-17)12-20-18(23)8-6-13-5-7-14(24-3)15(11-13)25-4/h5-11H,12H2,1-4H3,(H,20,23). The van der Waals surface area contributed by atoms with Gasteiger partial charge in [-0.15, -0.1) is 0 Å². The van der Waals surface area contributed by atoms with E-state index in [1.54, 1.807) is 38.6 Å². The molecule has 7 heteroatoms. The minimum atomic E-state index is -0.228. The molecular weight excluding hydrogens is 320 g/mol. The Morgan fingerprint density at radius 1 is 1.20 bits per heavy atom. The predicted octanol–water partition coefficient (Wildman–Crippen LogP) is 1.89. The number of hydrogen-bond donors (Lipinski definition) is 1. The van der Waals surface area contributed by atoms with Crippen LogP contribution < -0.4 is 19.7 Å². The molecule has 1 N–H and O–H groups in total. The third-order valence-corrected chi connectivity index (χ3v) is 3.40.